The lowest BCUT2D eigenvalue weighted by molar-refractivity contribution is 0.628. The van der Waals surface area contributed by atoms with Gasteiger partial charge in [0.2, 0.25) is 5.95 Å². The predicted octanol–water partition coefficient (Wildman–Crippen LogP) is 3.96. The number of hydrogen-bond donors (Lipinski definition) is 0. The zero-order valence-corrected chi connectivity index (χ0v) is 14.2. The van der Waals surface area contributed by atoms with E-state index in [9.17, 15) is 8.60 Å². The van der Waals surface area contributed by atoms with Crippen LogP contribution in [0.3, 0.4) is 0 Å². The Morgan fingerprint density at radius 2 is 1.64 bits per heavy atom. The minimum atomic E-state index is -1.10. The second-order valence-corrected chi connectivity index (χ2v) is 6.96. The van der Waals surface area contributed by atoms with Crippen LogP contribution in [0, 0.1) is 5.82 Å². The Hall–Kier alpha value is -2.86. The number of benzene rings is 2. The molecule has 1 unspecified atom stereocenters. The Labute approximate surface area is 146 Å². The van der Waals surface area contributed by atoms with Crippen molar-refractivity contribution < 1.29 is 8.60 Å². The molecule has 2 heterocycles. The fourth-order valence-corrected chi connectivity index (χ4v) is 3.52. The summed E-state index contributed by atoms with van der Waals surface area (Å²) in [5.41, 5.74) is 2.56. The van der Waals surface area contributed by atoms with Gasteiger partial charge in [-0.25, -0.2) is 14.4 Å². The molecule has 0 aliphatic heterocycles. The molecule has 25 heavy (non-hydrogen) atoms. The van der Waals surface area contributed by atoms with Crippen molar-refractivity contribution >= 4 is 21.7 Å². The highest BCUT2D eigenvalue weighted by molar-refractivity contribution is 7.84. The van der Waals surface area contributed by atoms with E-state index >= 15 is 0 Å². The molecule has 0 N–H and O–H groups in total. The van der Waals surface area contributed by atoms with Crippen LogP contribution in [0.25, 0.3) is 28.0 Å². The van der Waals surface area contributed by atoms with E-state index in [-0.39, 0.29) is 5.82 Å². The molecule has 0 saturated heterocycles. The Morgan fingerprint density at radius 3 is 2.32 bits per heavy atom. The molecule has 2 aromatic heterocycles. The summed E-state index contributed by atoms with van der Waals surface area (Å²) in [5.74, 6) is 0.221. The first-order chi connectivity index (χ1) is 12.1. The average molecular weight is 351 g/mol. The summed E-state index contributed by atoms with van der Waals surface area (Å²) >= 11 is 0. The van der Waals surface area contributed by atoms with Crippen LogP contribution < -0.4 is 0 Å². The van der Waals surface area contributed by atoms with Crippen LogP contribution in [-0.2, 0) is 10.8 Å². The Morgan fingerprint density at radius 1 is 0.960 bits per heavy atom. The molecule has 2 aromatic carbocycles. The maximum atomic E-state index is 13.0. The van der Waals surface area contributed by atoms with E-state index in [2.05, 4.69) is 9.97 Å². The number of nitrogens with zero attached hydrogens (tertiary/aromatic N) is 3. The van der Waals surface area contributed by atoms with E-state index in [0.29, 0.717) is 5.95 Å². The lowest BCUT2D eigenvalue weighted by Gasteiger charge is -2.05. The third-order valence-corrected chi connectivity index (χ3v) is 4.96. The molecule has 4 aromatic rings. The average Bonchev–Trinajstić information content (AvgIpc) is 3.03. The standard InChI is InChI=1S/C19H14FN3OS/c1-25(24)18-12-23(17-5-3-2-4-16(17)18)19-21-10-14(11-22-19)13-6-8-15(20)9-7-13/h2-12H,1H3. The second kappa shape index (κ2) is 6.22. The molecule has 124 valence electrons. The first-order valence-corrected chi connectivity index (χ1v) is 9.21. The van der Waals surface area contributed by atoms with Crippen LogP contribution >= 0.6 is 0 Å². The van der Waals surface area contributed by atoms with E-state index in [4.69, 9.17) is 0 Å². The smallest absolute Gasteiger partial charge is 0.234 e. The fourth-order valence-electron chi connectivity index (χ4n) is 2.78. The Balaban J connectivity index is 1.79. The highest BCUT2D eigenvalue weighted by Crippen LogP contribution is 2.26. The normalized spacial score (nSPS) is 12.4. The number of para-hydroxylation sites is 1. The van der Waals surface area contributed by atoms with Crippen LogP contribution in [0.1, 0.15) is 0 Å². The van der Waals surface area contributed by atoms with Crippen LogP contribution in [0.5, 0.6) is 0 Å². The van der Waals surface area contributed by atoms with Crippen molar-refractivity contribution in [3.05, 3.63) is 72.9 Å². The summed E-state index contributed by atoms with van der Waals surface area (Å²) in [5, 5.41) is 0.926. The SMILES string of the molecule is CS(=O)c1cn(-c2ncc(-c3ccc(F)cc3)cn2)c2ccccc12. The zero-order chi connectivity index (χ0) is 17.4. The van der Waals surface area contributed by atoms with Gasteiger partial charge in [-0.1, -0.05) is 30.3 Å². The van der Waals surface area contributed by atoms with Crippen LogP contribution in [0.15, 0.2) is 72.0 Å². The molecule has 0 aliphatic rings. The topological polar surface area (TPSA) is 47.8 Å². The minimum Gasteiger partial charge on any atom is -0.284 e. The van der Waals surface area contributed by atoms with E-state index < -0.39 is 10.8 Å². The highest BCUT2D eigenvalue weighted by Gasteiger charge is 2.13. The molecule has 1 atom stereocenters. The molecule has 0 fully saturated rings. The monoisotopic (exact) mass is 351 g/mol. The molecule has 6 heteroatoms. The molecular weight excluding hydrogens is 337 g/mol. The minimum absolute atomic E-state index is 0.278. The van der Waals surface area contributed by atoms with Gasteiger partial charge in [0.05, 0.1) is 21.2 Å². The lowest BCUT2D eigenvalue weighted by Crippen LogP contribution is -1.99. The summed E-state index contributed by atoms with van der Waals surface area (Å²) < 4.78 is 26.9. The van der Waals surface area contributed by atoms with Gasteiger partial charge < -0.3 is 0 Å². The van der Waals surface area contributed by atoms with Crippen molar-refractivity contribution in [3.8, 4) is 17.1 Å². The summed E-state index contributed by atoms with van der Waals surface area (Å²) in [4.78, 5) is 9.61. The van der Waals surface area contributed by atoms with Gasteiger partial charge in [-0.3, -0.25) is 8.78 Å². The summed E-state index contributed by atoms with van der Waals surface area (Å²) in [6, 6.07) is 13.9. The van der Waals surface area contributed by atoms with Crippen molar-refractivity contribution in [1.82, 2.24) is 14.5 Å². The molecule has 0 saturated carbocycles. The van der Waals surface area contributed by atoms with Crippen LogP contribution in [0.2, 0.25) is 0 Å². The van der Waals surface area contributed by atoms with Gasteiger partial charge in [0, 0.05) is 35.8 Å². The molecule has 0 bridgehead atoms. The van der Waals surface area contributed by atoms with Gasteiger partial charge in [0.1, 0.15) is 5.82 Å². The van der Waals surface area contributed by atoms with Crippen LogP contribution in [-0.4, -0.2) is 25.0 Å². The second-order valence-electron chi connectivity index (χ2n) is 5.61. The summed E-state index contributed by atoms with van der Waals surface area (Å²) in [6.07, 6.45) is 6.87. The van der Waals surface area contributed by atoms with E-state index in [1.54, 1.807) is 30.8 Å². The number of hydrogen-bond acceptors (Lipinski definition) is 3. The van der Waals surface area contributed by atoms with Gasteiger partial charge >= 0.3 is 0 Å². The van der Waals surface area contributed by atoms with E-state index in [1.165, 1.54) is 12.1 Å². The van der Waals surface area contributed by atoms with Gasteiger partial charge in [-0.2, -0.15) is 0 Å². The molecule has 4 nitrogen and oxygen atoms in total. The molecule has 0 aliphatic carbocycles. The number of aromatic nitrogens is 3. The Kier molecular flexibility index (Phi) is 3.89. The number of fused-ring (bicyclic) bond motifs is 1. The van der Waals surface area contributed by atoms with Gasteiger partial charge in [-0.15, -0.1) is 0 Å². The number of halogens is 1. The molecule has 0 spiro atoms. The van der Waals surface area contributed by atoms with Crippen LogP contribution in [0.4, 0.5) is 4.39 Å². The largest absolute Gasteiger partial charge is 0.284 e. The first kappa shape index (κ1) is 15.7. The molecule has 0 radical (unpaired) electrons. The van der Waals surface area contributed by atoms with Crippen molar-refractivity contribution in [2.45, 2.75) is 4.90 Å². The first-order valence-electron chi connectivity index (χ1n) is 7.65. The van der Waals surface area contributed by atoms with Gasteiger partial charge in [0.15, 0.2) is 0 Å². The summed E-state index contributed by atoms with van der Waals surface area (Å²) in [6.45, 7) is 0. The van der Waals surface area contributed by atoms with E-state index in [1.807, 2.05) is 35.0 Å². The fraction of sp³-hybridized carbons (Fsp3) is 0.0526. The Bertz CT molecular complexity index is 1070. The maximum absolute atomic E-state index is 13.0. The molecule has 4 rings (SSSR count). The highest BCUT2D eigenvalue weighted by atomic mass is 32.2. The quantitative estimate of drug-likeness (QED) is 0.561. The van der Waals surface area contributed by atoms with Crippen molar-refractivity contribution in [2.24, 2.45) is 0 Å². The molecule has 0 amide bonds. The summed E-state index contributed by atoms with van der Waals surface area (Å²) in [7, 11) is -1.10. The number of rotatable bonds is 3. The van der Waals surface area contributed by atoms with Gasteiger partial charge in [0.25, 0.3) is 0 Å². The van der Waals surface area contributed by atoms with E-state index in [0.717, 1.165) is 26.9 Å². The van der Waals surface area contributed by atoms with Crippen molar-refractivity contribution in [3.63, 3.8) is 0 Å². The van der Waals surface area contributed by atoms with Crippen molar-refractivity contribution in [2.75, 3.05) is 6.26 Å². The third kappa shape index (κ3) is 2.85. The predicted molar refractivity (Wildman–Crippen MR) is 96.6 cm³/mol. The molecular formula is C19H14FN3OS. The third-order valence-electron chi connectivity index (χ3n) is 4.02. The maximum Gasteiger partial charge on any atom is 0.234 e. The van der Waals surface area contributed by atoms with Gasteiger partial charge in [-0.05, 0) is 23.8 Å². The zero-order valence-electron chi connectivity index (χ0n) is 13.4. The lowest BCUT2D eigenvalue weighted by atomic mass is 10.1. The van der Waals surface area contributed by atoms with Crippen molar-refractivity contribution in [1.29, 1.82) is 0 Å².